The van der Waals surface area contributed by atoms with E-state index in [0.29, 0.717) is 25.4 Å². The average molecular weight is 462 g/mol. The molecule has 4 rings (SSSR count). The molecule has 33 heavy (non-hydrogen) atoms. The predicted molar refractivity (Wildman–Crippen MR) is 123 cm³/mol. The van der Waals surface area contributed by atoms with E-state index in [0.717, 1.165) is 32.1 Å². The minimum atomic E-state index is -0.496. The second kappa shape index (κ2) is 9.47. The molecule has 0 N–H and O–H groups in total. The van der Waals surface area contributed by atoms with Crippen LogP contribution in [0.25, 0.3) is 0 Å². The molecule has 2 heterocycles. The molecule has 2 aliphatic carbocycles. The summed E-state index contributed by atoms with van der Waals surface area (Å²) in [6.07, 6.45) is 9.50. The number of carbonyl (C=O) groups excluding carboxylic acids is 2. The van der Waals surface area contributed by atoms with Crippen LogP contribution in [0.2, 0.25) is 0 Å². The van der Waals surface area contributed by atoms with E-state index >= 15 is 0 Å². The summed E-state index contributed by atoms with van der Waals surface area (Å²) >= 11 is 0. The van der Waals surface area contributed by atoms with Gasteiger partial charge in [0.25, 0.3) is 0 Å². The van der Waals surface area contributed by atoms with Crippen molar-refractivity contribution in [3.05, 3.63) is 17.1 Å². The molecule has 0 radical (unpaired) electrons. The van der Waals surface area contributed by atoms with Gasteiger partial charge in [0, 0.05) is 11.8 Å². The van der Waals surface area contributed by atoms with E-state index in [2.05, 4.69) is 31.2 Å². The molecule has 184 valence electrons. The fourth-order valence-electron chi connectivity index (χ4n) is 7.18. The number of rotatable bonds is 8. The zero-order valence-electron chi connectivity index (χ0n) is 20.5. The topological polar surface area (TPSA) is 91.3 Å². The van der Waals surface area contributed by atoms with Gasteiger partial charge in [-0.05, 0) is 56.3 Å². The second-order valence-electron chi connectivity index (χ2n) is 10.8. The van der Waals surface area contributed by atoms with Crippen LogP contribution in [0, 0.1) is 34.0 Å². The highest BCUT2D eigenvalue weighted by atomic mass is 16.6. The number of ether oxygens (including phenoxy) is 3. The molecule has 1 saturated carbocycles. The van der Waals surface area contributed by atoms with Crippen LogP contribution in [-0.2, 0) is 23.8 Å². The second-order valence-corrected chi connectivity index (χ2v) is 10.8. The Bertz CT molecular complexity index is 798. The molecular weight excluding hydrogens is 422 g/mol. The number of esters is 2. The number of allylic oxidation sites excluding steroid dienone is 1. The molecule has 0 aromatic carbocycles. The third kappa shape index (κ3) is 4.15. The van der Waals surface area contributed by atoms with Crippen LogP contribution in [-0.4, -0.2) is 42.4 Å². The maximum absolute atomic E-state index is 12.9. The highest BCUT2D eigenvalue weighted by molar-refractivity contribution is 5.72. The van der Waals surface area contributed by atoms with Gasteiger partial charge in [-0.2, -0.15) is 4.91 Å². The summed E-state index contributed by atoms with van der Waals surface area (Å²) in [6, 6.07) is -0.496. The number of carbonyl (C=O) groups is 2. The molecule has 1 spiro atoms. The molecule has 0 unspecified atom stereocenters. The van der Waals surface area contributed by atoms with Gasteiger partial charge >= 0.3 is 11.9 Å². The van der Waals surface area contributed by atoms with Crippen molar-refractivity contribution in [2.45, 2.75) is 103 Å². The van der Waals surface area contributed by atoms with Crippen molar-refractivity contribution < 1.29 is 23.8 Å². The fourth-order valence-corrected chi connectivity index (χ4v) is 7.18. The van der Waals surface area contributed by atoms with Crippen LogP contribution in [0.3, 0.4) is 0 Å². The summed E-state index contributed by atoms with van der Waals surface area (Å²) < 4.78 is 18.4. The number of hydrogen-bond donors (Lipinski definition) is 0. The molecule has 0 amide bonds. The van der Waals surface area contributed by atoms with Crippen LogP contribution >= 0.6 is 0 Å². The number of cyclic esters (lactones) is 1. The first-order chi connectivity index (χ1) is 15.8. The van der Waals surface area contributed by atoms with Crippen LogP contribution in [0.15, 0.2) is 17.3 Å². The molecule has 2 bridgehead atoms. The predicted octanol–water partition coefficient (Wildman–Crippen LogP) is 4.96. The van der Waals surface area contributed by atoms with Gasteiger partial charge in [-0.1, -0.05) is 45.0 Å². The zero-order chi connectivity index (χ0) is 23.8. The smallest absolute Gasteiger partial charge is 0.308 e. The SMILES string of the molecule is CC[C@H](C)C(=O)O[C@H]1C[C@H]2CO[C@]3(C=C[C@H](C)[C@H](CC[C@@H]4C[C@@H](N=O)CC(=O)O4)[C@@]13CC)C2. The molecule has 4 aliphatic rings. The molecule has 3 fully saturated rings. The van der Waals surface area contributed by atoms with Gasteiger partial charge < -0.3 is 14.2 Å². The Hall–Kier alpha value is -1.76. The minimum absolute atomic E-state index is 0.0768. The summed E-state index contributed by atoms with van der Waals surface area (Å²) in [7, 11) is 0. The molecule has 7 nitrogen and oxygen atoms in total. The Morgan fingerprint density at radius 2 is 2.09 bits per heavy atom. The van der Waals surface area contributed by atoms with Crippen molar-refractivity contribution >= 4 is 11.9 Å². The van der Waals surface area contributed by atoms with Gasteiger partial charge in [-0.25, -0.2) is 0 Å². The van der Waals surface area contributed by atoms with E-state index in [1.807, 2.05) is 13.8 Å². The number of nitroso groups, excluding NO2 is 1. The first-order valence-corrected chi connectivity index (χ1v) is 12.8. The molecule has 9 atom stereocenters. The highest BCUT2D eigenvalue weighted by Crippen LogP contribution is 2.64. The van der Waals surface area contributed by atoms with Crippen LogP contribution in [0.4, 0.5) is 0 Å². The van der Waals surface area contributed by atoms with Gasteiger partial charge in [-0.15, -0.1) is 0 Å². The van der Waals surface area contributed by atoms with Crippen LogP contribution in [0.5, 0.6) is 0 Å². The monoisotopic (exact) mass is 461 g/mol. The lowest BCUT2D eigenvalue weighted by atomic mass is 9.48. The van der Waals surface area contributed by atoms with E-state index in [9.17, 15) is 14.5 Å². The van der Waals surface area contributed by atoms with Gasteiger partial charge in [0.05, 0.1) is 24.5 Å². The van der Waals surface area contributed by atoms with E-state index in [1.54, 1.807) is 0 Å². The lowest BCUT2D eigenvalue weighted by Gasteiger charge is -2.59. The summed E-state index contributed by atoms with van der Waals surface area (Å²) in [5.74, 6) is 0.310. The lowest BCUT2D eigenvalue weighted by Crippen LogP contribution is -2.63. The molecule has 2 aliphatic heterocycles. The Labute approximate surface area is 197 Å². The van der Waals surface area contributed by atoms with Crippen molar-refractivity contribution in [3.63, 3.8) is 0 Å². The molecule has 0 aromatic heterocycles. The zero-order valence-corrected chi connectivity index (χ0v) is 20.5. The maximum Gasteiger partial charge on any atom is 0.308 e. The first kappa shape index (κ1) is 24.4. The molecule has 7 heteroatoms. The lowest BCUT2D eigenvalue weighted by molar-refractivity contribution is -0.204. The standard InChI is InChI=1S/C26H39NO6/c1-5-16(3)24(29)33-22-11-18-14-25(31-15-18)10-9-17(4)21(26(22,25)6-2)8-7-20-12-19(27-30)13-23(28)32-20/h9-10,16-22H,5-8,11-15H2,1-4H3/t16-,17-,18+,19+,20+,21-,22-,25+,26-/m0/s1. The Morgan fingerprint density at radius 1 is 1.30 bits per heavy atom. The van der Waals surface area contributed by atoms with Crippen molar-refractivity contribution in [1.29, 1.82) is 0 Å². The minimum Gasteiger partial charge on any atom is -0.462 e. The largest absolute Gasteiger partial charge is 0.462 e. The van der Waals surface area contributed by atoms with E-state index < -0.39 is 11.6 Å². The van der Waals surface area contributed by atoms with Crippen molar-refractivity contribution in [2.75, 3.05) is 6.61 Å². The van der Waals surface area contributed by atoms with E-state index in [4.69, 9.17) is 14.2 Å². The van der Waals surface area contributed by atoms with E-state index in [-0.39, 0.29) is 53.7 Å². The summed E-state index contributed by atoms with van der Waals surface area (Å²) in [4.78, 5) is 36.0. The van der Waals surface area contributed by atoms with Crippen molar-refractivity contribution in [2.24, 2.45) is 34.3 Å². The quantitative estimate of drug-likeness (QED) is 0.288. The van der Waals surface area contributed by atoms with Crippen LogP contribution in [0.1, 0.15) is 79.1 Å². The number of nitrogens with zero attached hydrogens (tertiary/aromatic N) is 1. The van der Waals surface area contributed by atoms with Crippen molar-refractivity contribution in [3.8, 4) is 0 Å². The molecule has 2 saturated heterocycles. The normalized spacial score (nSPS) is 42.8. The Kier molecular flexibility index (Phi) is 7.00. The van der Waals surface area contributed by atoms with Crippen LogP contribution < -0.4 is 0 Å². The van der Waals surface area contributed by atoms with E-state index in [1.165, 1.54) is 0 Å². The molecule has 0 aromatic rings. The maximum atomic E-state index is 12.9. The number of fused-ring (bicyclic) bond motifs is 1. The van der Waals surface area contributed by atoms with Gasteiger partial charge in [0.2, 0.25) is 0 Å². The Balaban J connectivity index is 1.62. The van der Waals surface area contributed by atoms with Gasteiger partial charge in [0.15, 0.2) is 0 Å². The average Bonchev–Trinajstić information content (AvgIpc) is 3.16. The van der Waals surface area contributed by atoms with Gasteiger partial charge in [0.1, 0.15) is 18.2 Å². The van der Waals surface area contributed by atoms with Crippen molar-refractivity contribution in [1.82, 2.24) is 0 Å². The molecular formula is C26H39NO6. The Morgan fingerprint density at radius 3 is 2.79 bits per heavy atom. The number of hydrogen-bond acceptors (Lipinski definition) is 7. The fraction of sp³-hybridized carbons (Fsp3) is 0.846. The summed E-state index contributed by atoms with van der Waals surface area (Å²) in [6.45, 7) is 9.07. The van der Waals surface area contributed by atoms with Gasteiger partial charge in [-0.3, -0.25) is 9.59 Å². The summed E-state index contributed by atoms with van der Waals surface area (Å²) in [5.41, 5.74) is -0.739. The summed E-state index contributed by atoms with van der Waals surface area (Å²) in [5, 5.41) is 3.11. The third-order valence-corrected chi connectivity index (χ3v) is 9.09. The first-order valence-electron chi connectivity index (χ1n) is 12.8. The third-order valence-electron chi connectivity index (χ3n) is 9.09. The highest BCUT2D eigenvalue weighted by Gasteiger charge is 2.67.